The van der Waals surface area contributed by atoms with E-state index in [0.29, 0.717) is 22.1 Å². The van der Waals surface area contributed by atoms with Gasteiger partial charge in [0.2, 0.25) is 0 Å². The van der Waals surface area contributed by atoms with Crippen LogP contribution in [-0.2, 0) is 10.0 Å². The molecule has 128 valence electrons. The lowest BCUT2D eigenvalue weighted by Gasteiger charge is -2.08. The third-order valence-corrected chi connectivity index (χ3v) is 6.28. The van der Waals surface area contributed by atoms with Crippen LogP contribution in [0.2, 0.25) is 0 Å². The zero-order valence-electron chi connectivity index (χ0n) is 13.3. The zero-order chi connectivity index (χ0) is 17.7. The lowest BCUT2D eigenvalue weighted by Crippen LogP contribution is -2.12. The molecule has 5 aromatic rings. The first-order valence-corrected chi connectivity index (χ1v) is 10.1. The quantitative estimate of drug-likeness (QED) is 0.493. The molecule has 0 atom stereocenters. The number of sulfonamides is 1. The zero-order valence-corrected chi connectivity index (χ0v) is 14.9. The smallest absolute Gasteiger partial charge is 0.264 e. The molecule has 2 N–H and O–H groups in total. The van der Waals surface area contributed by atoms with E-state index < -0.39 is 10.0 Å². The Bertz CT molecular complexity index is 1390. The molecule has 5 rings (SSSR count). The average molecular weight is 380 g/mol. The van der Waals surface area contributed by atoms with Gasteiger partial charge in [-0.25, -0.2) is 8.42 Å². The number of aromatic nitrogens is 3. The number of nitrogens with one attached hydrogen (secondary N) is 2. The van der Waals surface area contributed by atoms with E-state index in [4.69, 9.17) is 0 Å². The molecule has 2 heterocycles. The van der Waals surface area contributed by atoms with E-state index in [1.807, 2.05) is 36.4 Å². The van der Waals surface area contributed by atoms with Crippen LogP contribution < -0.4 is 4.72 Å². The summed E-state index contributed by atoms with van der Waals surface area (Å²) in [7, 11) is -3.78. The molecule has 0 bridgehead atoms. The van der Waals surface area contributed by atoms with Crippen molar-refractivity contribution in [1.29, 1.82) is 0 Å². The van der Waals surface area contributed by atoms with E-state index in [1.165, 1.54) is 6.20 Å². The number of fused-ring (bicyclic) bond motifs is 3. The van der Waals surface area contributed by atoms with Gasteiger partial charge in [0, 0.05) is 17.1 Å². The number of hydrogen-bond donors (Lipinski definition) is 2. The maximum absolute atomic E-state index is 13.0. The molecule has 0 aliphatic heterocycles. The van der Waals surface area contributed by atoms with E-state index in [1.54, 1.807) is 18.2 Å². The molecule has 8 heteroatoms. The topological polar surface area (TPSA) is 87.7 Å². The van der Waals surface area contributed by atoms with Gasteiger partial charge in [-0.2, -0.15) is 8.75 Å². The minimum Gasteiger partial charge on any atom is -0.360 e. The fraction of sp³-hybridized carbons (Fsp3) is 0. The number of benzene rings is 3. The second-order valence-corrected chi connectivity index (χ2v) is 8.12. The average Bonchev–Trinajstić information content (AvgIpc) is 3.27. The van der Waals surface area contributed by atoms with E-state index in [-0.39, 0.29) is 4.90 Å². The van der Waals surface area contributed by atoms with Crippen molar-refractivity contribution in [2.24, 2.45) is 0 Å². The summed E-state index contributed by atoms with van der Waals surface area (Å²) in [5, 5.41) is 2.69. The predicted molar refractivity (Wildman–Crippen MR) is 104 cm³/mol. The molecule has 0 radical (unpaired) electrons. The van der Waals surface area contributed by atoms with Gasteiger partial charge < -0.3 is 4.98 Å². The summed E-state index contributed by atoms with van der Waals surface area (Å²) >= 11 is 1.05. The summed E-state index contributed by atoms with van der Waals surface area (Å²) in [6, 6.07) is 16.9. The van der Waals surface area contributed by atoms with Crippen LogP contribution in [0.1, 0.15) is 0 Å². The first-order chi connectivity index (χ1) is 12.6. The number of rotatable bonds is 3. The van der Waals surface area contributed by atoms with Crippen molar-refractivity contribution in [3.63, 3.8) is 0 Å². The second-order valence-electron chi connectivity index (χ2n) is 5.94. The van der Waals surface area contributed by atoms with Gasteiger partial charge in [0.05, 0.1) is 17.4 Å². The molecule has 0 aliphatic carbocycles. The van der Waals surface area contributed by atoms with Crippen LogP contribution in [0.4, 0.5) is 5.69 Å². The van der Waals surface area contributed by atoms with Crippen molar-refractivity contribution in [2.75, 3.05) is 4.72 Å². The Morgan fingerprint density at radius 3 is 2.62 bits per heavy atom. The number of H-pyrrole nitrogens is 1. The molecule has 3 aromatic carbocycles. The van der Waals surface area contributed by atoms with Gasteiger partial charge in [-0.05, 0) is 35.0 Å². The molecule has 0 amide bonds. The minimum absolute atomic E-state index is 0.207. The third kappa shape index (κ3) is 2.34. The predicted octanol–water partition coefficient (Wildman–Crippen LogP) is 4.13. The summed E-state index contributed by atoms with van der Waals surface area (Å²) in [4.78, 5) is 3.27. The van der Waals surface area contributed by atoms with Gasteiger partial charge >= 0.3 is 0 Å². The van der Waals surface area contributed by atoms with Gasteiger partial charge in [0.1, 0.15) is 15.9 Å². The Kier molecular flexibility index (Phi) is 3.25. The molecule has 26 heavy (non-hydrogen) atoms. The van der Waals surface area contributed by atoms with Gasteiger partial charge in [-0.15, -0.1) is 0 Å². The van der Waals surface area contributed by atoms with Crippen molar-refractivity contribution in [2.45, 2.75) is 4.90 Å². The van der Waals surface area contributed by atoms with Crippen LogP contribution in [0, 0.1) is 0 Å². The normalized spacial score (nSPS) is 12.2. The number of hydrogen-bond acceptors (Lipinski definition) is 5. The van der Waals surface area contributed by atoms with Crippen LogP contribution in [0.25, 0.3) is 32.7 Å². The molecule has 0 saturated heterocycles. The molecule has 2 aromatic heterocycles. The highest BCUT2D eigenvalue weighted by molar-refractivity contribution is 7.93. The maximum Gasteiger partial charge on any atom is 0.264 e. The monoisotopic (exact) mass is 380 g/mol. The van der Waals surface area contributed by atoms with Crippen LogP contribution in [0.5, 0.6) is 0 Å². The number of aromatic amines is 1. The molecule has 0 unspecified atom stereocenters. The fourth-order valence-electron chi connectivity index (χ4n) is 3.10. The lowest BCUT2D eigenvalue weighted by molar-refractivity contribution is 0.602. The first kappa shape index (κ1) is 15.3. The molecular weight excluding hydrogens is 368 g/mol. The molecule has 0 fully saturated rings. The van der Waals surface area contributed by atoms with Crippen LogP contribution in [0.15, 0.2) is 65.7 Å². The largest absolute Gasteiger partial charge is 0.360 e. The molecule has 0 saturated carbocycles. The Balaban J connectivity index is 1.66. The van der Waals surface area contributed by atoms with E-state index in [0.717, 1.165) is 28.0 Å². The minimum atomic E-state index is -3.78. The summed E-state index contributed by atoms with van der Waals surface area (Å²) in [5.41, 5.74) is 2.41. The Morgan fingerprint density at radius 1 is 0.962 bits per heavy atom. The van der Waals surface area contributed by atoms with Crippen LogP contribution >= 0.6 is 11.7 Å². The Morgan fingerprint density at radius 2 is 1.77 bits per heavy atom. The van der Waals surface area contributed by atoms with E-state index >= 15 is 0 Å². The van der Waals surface area contributed by atoms with Crippen molar-refractivity contribution in [1.82, 2.24) is 13.7 Å². The Hall–Kier alpha value is -2.97. The number of anilines is 1. The van der Waals surface area contributed by atoms with Crippen LogP contribution in [0.3, 0.4) is 0 Å². The van der Waals surface area contributed by atoms with Gasteiger partial charge in [0.25, 0.3) is 10.0 Å². The van der Waals surface area contributed by atoms with Gasteiger partial charge in [0.15, 0.2) is 0 Å². The van der Waals surface area contributed by atoms with Gasteiger partial charge in [-0.1, -0.05) is 30.3 Å². The SMILES string of the molecule is O=S(=O)(Nc1cccc2nsnc12)c1c[nH]c2cc3ccccc3cc12. The number of nitrogens with zero attached hydrogens (tertiary/aromatic N) is 2. The summed E-state index contributed by atoms with van der Waals surface area (Å²) in [5.74, 6) is 0. The molecule has 0 spiro atoms. The maximum atomic E-state index is 13.0. The fourth-order valence-corrected chi connectivity index (χ4v) is 4.88. The molecule has 6 nitrogen and oxygen atoms in total. The van der Waals surface area contributed by atoms with Crippen molar-refractivity contribution >= 4 is 60.1 Å². The van der Waals surface area contributed by atoms with E-state index in [9.17, 15) is 8.42 Å². The highest BCUT2D eigenvalue weighted by atomic mass is 32.2. The third-order valence-electron chi connectivity index (χ3n) is 4.33. The molecular formula is C18H12N4O2S2. The highest BCUT2D eigenvalue weighted by Gasteiger charge is 2.21. The van der Waals surface area contributed by atoms with Gasteiger partial charge in [-0.3, -0.25) is 4.72 Å². The van der Waals surface area contributed by atoms with Crippen LogP contribution in [-0.4, -0.2) is 22.1 Å². The second kappa shape index (κ2) is 5.52. The lowest BCUT2D eigenvalue weighted by atomic mass is 10.1. The summed E-state index contributed by atoms with van der Waals surface area (Å²) in [6.45, 7) is 0. The molecule has 0 aliphatic rings. The Labute approximate surface area is 152 Å². The van der Waals surface area contributed by atoms with Crippen molar-refractivity contribution in [3.05, 3.63) is 60.8 Å². The first-order valence-electron chi connectivity index (χ1n) is 7.86. The summed E-state index contributed by atoms with van der Waals surface area (Å²) in [6.07, 6.45) is 1.52. The standard InChI is InChI=1S/C18H12N4O2S2/c23-26(24,22-15-7-3-6-14-18(15)21-25-20-14)17-10-19-16-9-12-5-2-1-4-11(12)8-13(16)17/h1-10,19,22H. The van der Waals surface area contributed by atoms with Crippen molar-refractivity contribution in [3.8, 4) is 0 Å². The summed E-state index contributed by atoms with van der Waals surface area (Å²) < 4.78 is 37.0. The highest BCUT2D eigenvalue weighted by Crippen LogP contribution is 2.30. The van der Waals surface area contributed by atoms with Crippen molar-refractivity contribution < 1.29 is 8.42 Å². The van der Waals surface area contributed by atoms with E-state index in [2.05, 4.69) is 18.5 Å².